The summed E-state index contributed by atoms with van der Waals surface area (Å²) in [6.45, 7) is 4.97. The molecule has 1 saturated heterocycles. The summed E-state index contributed by atoms with van der Waals surface area (Å²) in [6, 6.07) is 0. The fraction of sp³-hybridized carbons (Fsp3) is 0.562. The van der Waals surface area contributed by atoms with Gasteiger partial charge in [0.2, 0.25) is 0 Å². The zero-order chi connectivity index (χ0) is 16.1. The number of aromatic nitrogens is 2. The first-order valence-electron chi connectivity index (χ1n) is 8.18. The minimum atomic E-state index is -0.0279. The van der Waals surface area contributed by atoms with E-state index in [1.165, 1.54) is 24.2 Å². The van der Waals surface area contributed by atoms with E-state index in [0.29, 0.717) is 11.4 Å². The van der Waals surface area contributed by atoms with Gasteiger partial charge in [-0.05, 0) is 25.7 Å². The SMILES string of the molecule is CCCc1ncc(C(=O)NCCc2csc(N3CCCC3)n2)s1. The lowest BCUT2D eigenvalue weighted by Crippen LogP contribution is -2.25. The number of carbonyl (C=O) groups is 1. The van der Waals surface area contributed by atoms with Crippen LogP contribution in [0.2, 0.25) is 0 Å². The Morgan fingerprint density at radius 1 is 1.35 bits per heavy atom. The summed E-state index contributed by atoms with van der Waals surface area (Å²) in [7, 11) is 0. The van der Waals surface area contributed by atoms with Gasteiger partial charge in [0, 0.05) is 31.4 Å². The van der Waals surface area contributed by atoms with E-state index in [-0.39, 0.29) is 5.91 Å². The van der Waals surface area contributed by atoms with Crippen LogP contribution in [0.1, 0.15) is 46.6 Å². The number of nitrogens with zero attached hydrogens (tertiary/aromatic N) is 3. The van der Waals surface area contributed by atoms with Crippen LogP contribution in [0, 0.1) is 0 Å². The Hall–Kier alpha value is -1.47. The molecule has 0 spiro atoms. The van der Waals surface area contributed by atoms with Gasteiger partial charge < -0.3 is 10.2 Å². The maximum Gasteiger partial charge on any atom is 0.263 e. The number of nitrogens with one attached hydrogen (secondary N) is 1. The van der Waals surface area contributed by atoms with Gasteiger partial charge in [0.25, 0.3) is 5.91 Å². The highest BCUT2D eigenvalue weighted by molar-refractivity contribution is 7.14. The standard InChI is InChI=1S/C16H22N4OS2/c1-2-5-14-18-10-13(23-14)15(21)17-7-6-12-11-22-16(19-12)20-8-3-4-9-20/h10-11H,2-9H2,1H3,(H,17,21). The summed E-state index contributed by atoms with van der Waals surface area (Å²) in [5.74, 6) is -0.0279. The second-order valence-corrected chi connectivity index (χ2v) is 7.64. The first kappa shape index (κ1) is 16.4. The zero-order valence-electron chi connectivity index (χ0n) is 13.4. The highest BCUT2D eigenvalue weighted by Gasteiger charge is 2.15. The van der Waals surface area contributed by atoms with E-state index < -0.39 is 0 Å². The van der Waals surface area contributed by atoms with E-state index in [0.717, 1.165) is 48.2 Å². The summed E-state index contributed by atoms with van der Waals surface area (Å²) in [6.07, 6.45) is 6.98. The van der Waals surface area contributed by atoms with Gasteiger partial charge in [-0.2, -0.15) is 0 Å². The lowest BCUT2D eigenvalue weighted by atomic mass is 10.3. The number of amides is 1. The average molecular weight is 351 g/mol. The van der Waals surface area contributed by atoms with E-state index in [1.54, 1.807) is 17.5 Å². The van der Waals surface area contributed by atoms with E-state index >= 15 is 0 Å². The number of thiazole rings is 2. The topological polar surface area (TPSA) is 58.1 Å². The molecule has 23 heavy (non-hydrogen) atoms. The minimum Gasteiger partial charge on any atom is -0.351 e. The summed E-state index contributed by atoms with van der Waals surface area (Å²) in [5.41, 5.74) is 1.06. The van der Waals surface area contributed by atoms with Gasteiger partial charge in [-0.15, -0.1) is 22.7 Å². The van der Waals surface area contributed by atoms with Crippen molar-refractivity contribution in [2.75, 3.05) is 24.5 Å². The van der Waals surface area contributed by atoms with Crippen LogP contribution < -0.4 is 10.2 Å². The second-order valence-electron chi connectivity index (χ2n) is 5.69. The molecule has 2 aromatic rings. The van der Waals surface area contributed by atoms with Crippen molar-refractivity contribution in [2.24, 2.45) is 0 Å². The molecule has 7 heteroatoms. The molecular weight excluding hydrogens is 328 g/mol. The average Bonchev–Trinajstić information content (AvgIpc) is 3.28. The van der Waals surface area contributed by atoms with Gasteiger partial charge >= 0.3 is 0 Å². The number of carbonyl (C=O) groups excluding carboxylic acids is 1. The van der Waals surface area contributed by atoms with Crippen molar-refractivity contribution in [3.8, 4) is 0 Å². The van der Waals surface area contributed by atoms with Crippen molar-refractivity contribution in [1.82, 2.24) is 15.3 Å². The summed E-state index contributed by atoms with van der Waals surface area (Å²) in [4.78, 5) is 24.1. The zero-order valence-corrected chi connectivity index (χ0v) is 15.0. The Kier molecular flexibility index (Phi) is 5.61. The normalized spacial score (nSPS) is 14.4. The predicted octanol–water partition coefficient (Wildman–Crippen LogP) is 3.12. The van der Waals surface area contributed by atoms with Crippen molar-refractivity contribution >= 4 is 33.7 Å². The molecule has 1 amide bonds. The molecule has 0 aliphatic carbocycles. The van der Waals surface area contributed by atoms with Crippen LogP contribution in [-0.4, -0.2) is 35.5 Å². The Morgan fingerprint density at radius 2 is 2.17 bits per heavy atom. The van der Waals surface area contributed by atoms with Crippen molar-refractivity contribution in [3.63, 3.8) is 0 Å². The summed E-state index contributed by atoms with van der Waals surface area (Å²) in [5, 5.41) is 7.22. The Morgan fingerprint density at radius 3 is 2.96 bits per heavy atom. The van der Waals surface area contributed by atoms with Crippen LogP contribution in [0.25, 0.3) is 0 Å². The van der Waals surface area contributed by atoms with Gasteiger partial charge in [0.05, 0.1) is 16.9 Å². The molecule has 3 rings (SSSR count). The molecular formula is C16H22N4OS2. The second kappa shape index (κ2) is 7.88. The van der Waals surface area contributed by atoms with Crippen molar-refractivity contribution in [1.29, 1.82) is 0 Å². The highest BCUT2D eigenvalue weighted by atomic mass is 32.1. The van der Waals surface area contributed by atoms with Gasteiger partial charge in [0.15, 0.2) is 5.13 Å². The molecule has 1 aliphatic heterocycles. The molecule has 3 heterocycles. The minimum absolute atomic E-state index is 0.0279. The third-order valence-electron chi connectivity index (χ3n) is 3.82. The Bertz CT molecular complexity index is 646. The molecule has 1 N–H and O–H groups in total. The smallest absolute Gasteiger partial charge is 0.263 e. The maximum atomic E-state index is 12.1. The quantitative estimate of drug-likeness (QED) is 0.833. The molecule has 1 fully saturated rings. The van der Waals surface area contributed by atoms with Gasteiger partial charge in [0.1, 0.15) is 4.88 Å². The summed E-state index contributed by atoms with van der Waals surface area (Å²) >= 11 is 3.19. The van der Waals surface area contributed by atoms with Crippen LogP contribution in [-0.2, 0) is 12.8 Å². The fourth-order valence-electron chi connectivity index (χ4n) is 2.60. The molecule has 0 unspecified atom stereocenters. The van der Waals surface area contributed by atoms with Crippen LogP contribution >= 0.6 is 22.7 Å². The molecule has 0 radical (unpaired) electrons. The van der Waals surface area contributed by atoms with E-state index in [9.17, 15) is 4.79 Å². The highest BCUT2D eigenvalue weighted by Crippen LogP contribution is 2.24. The summed E-state index contributed by atoms with van der Waals surface area (Å²) < 4.78 is 0. The monoisotopic (exact) mass is 350 g/mol. The molecule has 5 nitrogen and oxygen atoms in total. The number of aryl methyl sites for hydroxylation is 1. The molecule has 1 aliphatic rings. The molecule has 124 valence electrons. The van der Waals surface area contributed by atoms with Crippen LogP contribution in [0.15, 0.2) is 11.6 Å². The lowest BCUT2D eigenvalue weighted by Gasteiger charge is -2.12. The molecule has 0 aromatic carbocycles. The first-order valence-corrected chi connectivity index (χ1v) is 9.88. The predicted molar refractivity (Wildman–Crippen MR) is 95.7 cm³/mol. The number of anilines is 1. The first-order chi connectivity index (χ1) is 11.3. The third-order valence-corrected chi connectivity index (χ3v) is 5.83. The molecule has 0 saturated carbocycles. The van der Waals surface area contributed by atoms with Crippen molar-refractivity contribution in [2.45, 2.75) is 39.0 Å². The van der Waals surface area contributed by atoms with E-state index in [2.05, 4.69) is 32.5 Å². The van der Waals surface area contributed by atoms with Gasteiger partial charge in [-0.1, -0.05) is 6.92 Å². The van der Waals surface area contributed by atoms with Gasteiger partial charge in [-0.3, -0.25) is 4.79 Å². The van der Waals surface area contributed by atoms with E-state index in [1.807, 2.05) is 0 Å². The Balaban J connectivity index is 1.46. The van der Waals surface area contributed by atoms with Crippen molar-refractivity contribution < 1.29 is 4.79 Å². The van der Waals surface area contributed by atoms with Crippen LogP contribution in [0.3, 0.4) is 0 Å². The largest absolute Gasteiger partial charge is 0.351 e. The lowest BCUT2D eigenvalue weighted by molar-refractivity contribution is 0.0958. The molecule has 0 atom stereocenters. The Labute approximate surface area is 144 Å². The van der Waals surface area contributed by atoms with Crippen LogP contribution in [0.4, 0.5) is 5.13 Å². The van der Waals surface area contributed by atoms with Crippen LogP contribution in [0.5, 0.6) is 0 Å². The molecule has 2 aromatic heterocycles. The molecule has 0 bridgehead atoms. The number of hydrogen-bond donors (Lipinski definition) is 1. The number of rotatable bonds is 7. The maximum absolute atomic E-state index is 12.1. The fourth-order valence-corrected chi connectivity index (χ4v) is 4.45. The van der Waals surface area contributed by atoms with Gasteiger partial charge in [-0.25, -0.2) is 9.97 Å². The number of hydrogen-bond acceptors (Lipinski definition) is 6. The van der Waals surface area contributed by atoms with Crippen molar-refractivity contribution in [3.05, 3.63) is 27.2 Å². The van der Waals surface area contributed by atoms with E-state index in [4.69, 9.17) is 0 Å². The third kappa shape index (κ3) is 4.29.